The fourth-order valence-electron chi connectivity index (χ4n) is 1.37. The SMILES string of the molecule is COC1=CC(C=CC(=O)O)(OC)CC=C1. The molecule has 0 heterocycles. The van der Waals surface area contributed by atoms with E-state index in [1.54, 1.807) is 13.2 Å². The van der Waals surface area contributed by atoms with E-state index in [9.17, 15) is 4.79 Å². The minimum atomic E-state index is -0.992. The average Bonchev–Trinajstić information content (AvgIpc) is 2.26. The molecule has 0 spiro atoms. The minimum absolute atomic E-state index is 0.597. The van der Waals surface area contributed by atoms with Gasteiger partial charge in [-0.05, 0) is 18.2 Å². The zero-order valence-corrected chi connectivity index (χ0v) is 8.77. The van der Waals surface area contributed by atoms with Crippen LogP contribution in [0, 0.1) is 0 Å². The van der Waals surface area contributed by atoms with Crippen LogP contribution in [0.5, 0.6) is 0 Å². The lowest BCUT2D eigenvalue weighted by Gasteiger charge is -2.27. The van der Waals surface area contributed by atoms with E-state index in [2.05, 4.69) is 0 Å². The highest BCUT2D eigenvalue weighted by Crippen LogP contribution is 2.26. The van der Waals surface area contributed by atoms with E-state index in [-0.39, 0.29) is 0 Å². The molecule has 0 aromatic heterocycles. The molecule has 0 saturated heterocycles. The first-order chi connectivity index (χ1) is 7.12. The molecule has 82 valence electrons. The maximum absolute atomic E-state index is 10.4. The fraction of sp³-hybridized carbons (Fsp3) is 0.364. The lowest BCUT2D eigenvalue weighted by atomic mass is 9.93. The second-order valence-corrected chi connectivity index (χ2v) is 3.19. The van der Waals surface area contributed by atoms with E-state index in [0.717, 1.165) is 6.08 Å². The molecule has 0 aromatic rings. The summed E-state index contributed by atoms with van der Waals surface area (Å²) in [5.41, 5.74) is -0.710. The van der Waals surface area contributed by atoms with E-state index in [1.165, 1.54) is 13.2 Å². The minimum Gasteiger partial charge on any atom is -0.497 e. The average molecular weight is 210 g/mol. The molecule has 1 rings (SSSR count). The standard InChI is InChI=1S/C11H14O4/c1-14-9-4-3-6-11(8-9,15-2)7-5-10(12)13/h3-5,7-8H,6H2,1-2H3,(H,12,13). The molecule has 0 fully saturated rings. The number of allylic oxidation sites excluding steroid dienone is 1. The summed E-state index contributed by atoms with van der Waals surface area (Å²) in [6, 6.07) is 0. The third-order valence-corrected chi connectivity index (χ3v) is 2.23. The van der Waals surface area contributed by atoms with E-state index in [0.29, 0.717) is 12.2 Å². The van der Waals surface area contributed by atoms with Gasteiger partial charge in [-0.25, -0.2) is 4.79 Å². The first-order valence-corrected chi connectivity index (χ1v) is 4.52. The van der Waals surface area contributed by atoms with Gasteiger partial charge in [-0.15, -0.1) is 0 Å². The third kappa shape index (κ3) is 2.95. The Balaban J connectivity index is 2.91. The van der Waals surface area contributed by atoms with Crippen molar-refractivity contribution >= 4 is 5.97 Å². The molecular weight excluding hydrogens is 196 g/mol. The molecule has 0 bridgehead atoms. The molecule has 0 aromatic carbocycles. The van der Waals surface area contributed by atoms with E-state index in [4.69, 9.17) is 14.6 Å². The van der Waals surface area contributed by atoms with E-state index < -0.39 is 11.6 Å². The molecule has 15 heavy (non-hydrogen) atoms. The summed E-state index contributed by atoms with van der Waals surface area (Å²) in [6.07, 6.45) is 8.65. The Kier molecular flexibility index (Phi) is 3.68. The van der Waals surface area contributed by atoms with Gasteiger partial charge in [0.25, 0.3) is 0 Å². The maximum Gasteiger partial charge on any atom is 0.328 e. The molecule has 1 N–H and O–H groups in total. The predicted octanol–water partition coefficient (Wildman–Crippen LogP) is 1.50. The maximum atomic E-state index is 10.4. The zero-order chi connectivity index (χ0) is 11.3. The van der Waals surface area contributed by atoms with Gasteiger partial charge in [0.1, 0.15) is 11.4 Å². The van der Waals surface area contributed by atoms with Crippen LogP contribution < -0.4 is 0 Å². The summed E-state index contributed by atoms with van der Waals surface area (Å²) in [7, 11) is 3.10. The molecule has 0 radical (unpaired) electrons. The number of carboxylic acid groups (broad SMARTS) is 1. The Morgan fingerprint density at radius 1 is 1.60 bits per heavy atom. The van der Waals surface area contributed by atoms with Gasteiger partial charge in [0, 0.05) is 19.6 Å². The number of aliphatic carboxylic acids is 1. The number of rotatable bonds is 4. The molecule has 1 atom stereocenters. The summed E-state index contributed by atoms with van der Waals surface area (Å²) < 4.78 is 10.4. The number of ether oxygens (including phenoxy) is 2. The molecular formula is C11H14O4. The van der Waals surface area contributed by atoms with Gasteiger partial charge in [0.15, 0.2) is 0 Å². The summed E-state index contributed by atoms with van der Waals surface area (Å²) in [5.74, 6) is -0.327. The lowest BCUT2D eigenvalue weighted by molar-refractivity contribution is -0.131. The van der Waals surface area contributed by atoms with Crippen molar-refractivity contribution in [2.75, 3.05) is 14.2 Å². The highest BCUT2D eigenvalue weighted by molar-refractivity contribution is 5.80. The predicted molar refractivity (Wildman–Crippen MR) is 55.4 cm³/mol. The Morgan fingerprint density at radius 3 is 2.87 bits per heavy atom. The van der Waals surface area contributed by atoms with Crippen molar-refractivity contribution in [3.63, 3.8) is 0 Å². The normalized spacial score (nSPS) is 25.3. The second-order valence-electron chi connectivity index (χ2n) is 3.19. The van der Waals surface area contributed by atoms with Crippen molar-refractivity contribution in [1.82, 2.24) is 0 Å². The Labute approximate surface area is 88.5 Å². The second kappa shape index (κ2) is 4.79. The molecule has 0 amide bonds. The van der Waals surface area contributed by atoms with Gasteiger partial charge >= 0.3 is 5.97 Å². The monoisotopic (exact) mass is 210 g/mol. The van der Waals surface area contributed by atoms with Gasteiger partial charge in [0.2, 0.25) is 0 Å². The van der Waals surface area contributed by atoms with Crippen LogP contribution in [-0.2, 0) is 14.3 Å². The summed E-state index contributed by atoms with van der Waals surface area (Å²) >= 11 is 0. The molecule has 1 aliphatic rings. The van der Waals surface area contributed by atoms with Crippen molar-refractivity contribution in [1.29, 1.82) is 0 Å². The van der Waals surface area contributed by atoms with Crippen molar-refractivity contribution in [2.24, 2.45) is 0 Å². The van der Waals surface area contributed by atoms with Crippen molar-refractivity contribution in [2.45, 2.75) is 12.0 Å². The smallest absolute Gasteiger partial charge is 0.328 e. The van der Waals surface area contributed by atoms with Crippen LogP contribution in [0.15, 0.2) is 36.1 Å². The van der Waals surface area contributed by atoms with Crippen molar-refractivity contribution in [3.05, 3.63) is 36.1 Å². The molecule has 0 saturated carbocycles. The first kappa shape index (κ1) is 11.5. The lowest BCUT2D eigenvalue weighted by Crippen LogP contribution is -2.28. The highest BCUT2D eigenvalue weighted by atomic mass is 16.5. The zero-order valence-electron chi connectivity index (χ0n) is 8.77. The van der Waals surface area contributed by atoms with Crippen molar-refractivity contribution in [3.8, 4) is 0 Å². The Hall–Kier alpha value is -1.55. The van der Waals surface area contributed by atoms with E-state index >= 15 is 0 Å². The van der Waals surface area contributed by atoms with E-state index in [1.807, 2.05) is 12.2 Å². The van der Waals surface area contributed by atoms with Crippen LogP contribution >= 0.6 is 0 Å². The Bertz CT molecular complexity index is 327. The van der Waals surface area contributed by atoms with Crippen LogP contribution in [0.25, 0.3) is 0 Å². The third-order valence-electron chi connectivity index (χ3n) is 2.23. The van der Waals surface area contributed by atoms with Crippen LogP contribution in [-0.4, -0.2) is 30.9 Å². The summed E-state index contributed by atoms with van der Waals surface area (Å²) in [6.45, 7) is 0. The molecule has 0 aliphatic heterocycles. The molecule has 4 heteroatoms. The number of carboxylic acids is 1. The largest absolute Gasteiger partial charge is 0.497 e. The quantitative estimate of drug-likeness (QED) is 0.714. The number of hydrogen-bond donors (Lipinski definition) is 1. The van der Waals surface area contributed by atoms with Crippen molar-refractivity contribution < 1.29 is 19.4 Å². The molecule has 4 nitrogen and oxygen atoms in total. The number of methoxy groups -OCH3 is 2. The topological polar surface area (TPSA) is 55.8 Å². The van der Waals surface area contributed by atoms with Gasteiger partial charge in [-0.2, -0.15) is 0 Å². The molecule has 1 unspecified atom stereocenters. The van der Waals surface area contributed by atoms with Crippen LogP contribution in [0.1, 0.15) is 6.42 Å². The van der Waals surface area contributed by atoms with Crippen LogP contribution in [0.4, 0.5) is 0 Å². The van der Waals surface area contributed by atoms with Gasteiger partial charge in [-0.1, -0.05) is 6.08 Å². The summed E-state index contributed by atoms with van der Waals surface area (Å²) in [4.78, 5) is 10.4. The first-order valence-electron chi connectivity index (χ1n) is 4.52. The van der Waals surface area contributed by atoms with Gasteiger partial charge in [-0.3, -0.25) is 0 Å². The molecule has 1 aliphatic carbocycles. The van der Waals surface area contributed by atoms with Gasteiger partial charge in [0.05, 0.1) is 7.11 Å². The summed E-state index contributed by atoms with van der Waals surface area (Å²) in [5, 5.41) is 8.56. The Morgan fingerprint density at radius 2 is 2.33 bits per heavy atom. The van der Waals surface area contributed by atoms with Crippen LogP contribution in [0.2, 0.25) is 0 Å². The van der Waals surface area contributed by atoms with Gasteiger partial charge < -0.3 is 14.6 Å². The number of carbonyl (C=O) groups is 1. The highest BCUT2D eigenvalue weighted by Gasteiger charge is 2.26. The number of hydrogen-bond acceptors (Lipinski definition) is 3. The van der Waals surface area contributed by atoms with Crippen LogP contribution in [0.3, 0.4) is 0 Å². The fourth-order valence-corrected chi connectivity index (χ4v) is 1.37.